The number of hydrogen-bond acceptors (Lipinski definition) is 8. The second-order valence-electron chi connectivity index (χ2n) is 4.57. The molecule has 0 aromatic carbocycles. The number of nitrogens with zero attached hydrogens (tertiary/aromatic N) is 3. The maximum absolute atomic E-state index is 12.2. The van der Waals surface area contributed by atoms with Gasteiger partial charge < -0.3 is 24.5 Å². The third-order valence-corrected chi connectivity index (χ3v) is 3.24. The van der Waals surface area contributed by atoms with E-state index >= 15 is 0 Å². The van der Waals surface area contributed by atoms with Crippen LogP contribution in [0.1, 0.15) is 12.1 Å². The lowest BCUT2D eigenvalue weighted by Crippen LogP contribution is -2.35. The molecule has 20 heavy (non-hydrogen) atoms. The Kier molecular flexibility index (Phi) is 3.05. The molecule has 0 saturated carbocycles. The predicted octanol–water partition coefficient (Wildman–Crippen LogP) is -1.70. The number of rotatable bonds is 2. The van der Waals surface area contributed by atoms with Crippen LogP contribution in [0.3, 0.4) is 0 Å². The Hall–Kier alpha value is -1.81. The maximum atomic E-state index is 12.2. The van der Waals surface area contributed by atoms with Crippen molar-refractivity contribution < 1.29 is 24.5 Å². The van der Waals surface area contributed by atoms with Gasteiger partial charge in [0.15, 0.2) is 17.6 Å². The summed E-state index contributed by atoms with van der Waals surface area (Å²) in [5.74, 6) is 0.295. The lowest BCUT2D eigenvalue weighted by Gasteiger charge is -2.16. The van der Waals surface area contributed by atoms with Crippen molar-refractivity contribution in [3.05, 3.63) is 22.6 Å². The van der Waals surface area contributed by atoms with E-state index in [-0.39, 0.29) is 11.2 Å². The van der Waals surface area contributed by atoms with E-state index in [0.29, 0.717) is 5.89 Å². The van der Waals surface area contributed by atoms with Gasteiger partial charge in [0.1, 0.15) is 24.6 Å². The van der Waals surface area contributed by atoms with Gasteiger partial charge in [-0.25, -0.2) is 9.97 Å². The Labute approximate surface area is 112 Å². The van der Waals surface area contributed by atoms with E-state index in [0.717, 1.165) is 10.9 Å². The molecule has 4 atom stereocenters. The highest BCUT2D eigenvalue weighted by atomic mass is 16.6. The van der Waals surface area contributed by atoms with Crippen LogP contribution in [0, 0.1) is 6.92 Å². The van der Waals surface area contributed by atoms with Gasteiger partial charge in [-0.2, -0.15) is 0 Å². The maximum Gasteiger partial charge on any atom is 0.285 e. The van der Waals surface area contributed by atoms with Crippen LogP contribution in [-0.2, 0) is 4.74 Å². The van der Waals surface area contributed by atoms with E-state index in [9.17, 15) is 15.0 Å². The largest absolute Gasteiger partial charge is 0.422 e. The fourth-order valence-corrected chi connectivity index (χ4v) is 2.22. The summed E-state index contributed by atoms with van der Waals surface area (Å²) in [5.41, 5.74) is -0.445. The highest BCUT2D eigenvalue weighted by Crippen LogP contribution is 2.28. The average molecular weight is 283 g/mol. The quantitative estimate of drug-likeness (QED) is 0.594. The first-order valence-corrected chi connectivity index (χ1v) is 5.99. The number of fused-ring (bicyclic) bond motifs is 1. The molecule has 0 spiro atoms. The number of ether oxygens (including phenoxy) is 1. The highest BCUT2D eigenvalue weighted by Gasteiger charge is 2.44. The standard InChI is InChI=1S/C11H13N3O6/c1-4-13-6-9(19-4)12-3-14(10(6)18)11-8(17)7(16)5(2-15)20-11/h3,5,7-8,11,15-17H,2H2,1H3. The van der Waals surface area contributed by atoms with Gasteiger partial charge in [0, 0.05) is 6.92 Å². The van der Waals surface area contributed by atoms with E-state index in [1.807, 2.05) is 0 Å². The van der Waals surface area contributed by atoms with E-state index in [1.54, 1.807) is 6.92 Å². The Morgan fingerprint density at radius 2 is 2.15 bits per heavy atom. The van der Waals surface area contributed by atoms with Crippen LogP contribution >= 0.6 is 0 Å². The molecule has 0 radical (unpaired) electrons. The van der Waals surface area contributed by atoms with E-state index in [2.05, 4.69) is 9.97 Å². The van der Waals surface area contributed by atoms with Crippen LogP contribution in [0.25, 0.3) is 11.2 Å². The van der Waals surface area contributed by atoms with Crippen LogP contribution in [0.2, 0.25) is 0 Å². The second kappa shape index (κ2) is 4.63. The number of aliphatic hydroxyl groups excluding tert-OH is 3. The first-order valence-electron chi connectivity index (χ1n) is 5.99. The fraction of sp³-hybridized carbons (Fsp3) is 0.545. The van der Waals surface area contributed by atoms with Crippen LogP contribution in [0.4, 0.5) is 0 Å². The van der Waals surface area contributed by atoms with Gasteiger partial charge in [-0.3, -0.25) is 9.36 Å². The molecule has 1 fully saturated rings. The smallest absolute Gasteiger partial charge is 0.285 e. The molecule has 4 unspecified atom stereocenters. The third kappa shape index (κ3) is 1.83. The molecule has 9 heteroatoms. The number of aliphatic hydroxyl groups is 3. The summed E-state index contributed by atoms with van der Waals surface area (Å²) < 4.78 is 11.4. The molecule has 1 aliphatic heterocycles. The first-order chi connectivity index (χ1) is 9.52. The van der Waals surface area contributed by atoms with Gasteiger partial charge in [0.2, 0.25) is 0 Å². The Balaban J connectivity index is 2.07. The van der Waals surface area contributed by atoms with Crippen LogP contribution in [-0.4, -0.2) is 54.8 Å². The van der Waals surface area contributed by atoms with E-state index in [1.165, 1.54) is 0 Å². The number of hydrogen-bond donors (Lipinski definition) is 3. The molecule has 9 nitrogen and oxygen atoms in total. The zero-order valence-corrected chi connectivity index (χ0v) is 10.5. The summed E-state index contributed by atoms with van der Waals surface area (Å²) in [6, 6.07) is 0. The van der Waals surface area contributed by atoms with Crippen molar-refractivity contribution >= 4 is 11.2 Å². The molecular weight excluding hydrogens is 270 g/mol. The number of aryl methyl sites for hydroxylation is 1. The van der Waals surface area contributed by atoms with Crippen molar-refractivity contribution in [2.45, 2.75) is 31.5 Å². The molecule has 1 aliphatic rings. The summed E-state index contributed by atoms with van der Waals surface area (Å²) in [6.07, 6.45) is -3.58. The predicted molar refractivity (Wildman–Crippen MR) is 63.8 cm³/mol. The Morgan fingerprint density at radius 1 is 1.40 bits per heavy atom. The zero-order chi connectivity index (χ0) is 14.4. The summed E-state index contributed by atoms with van der Waals surface area (Å²) in [6.45, 7) is 1.11. The van der Waals surface area contributed by atoms with Crippen molar-refractivity contribution in [1.29, 1.82) is 0 Å². The first kappa shape index (κ1) is 13.2. The Morgan fingerprint density at radius 3 is 2.80 bits per heavy atom. The highest BCUT2D eigenvalue weighted by molar-refractivity contribution is 5.65. The van der Waals surface area contributed by atoms with Gasteiger partial charge in [0.25, 0.3) is 11.3 Å². The normalized spacial score (nSPS) is 30.2. The molecule has 0 aliphatic carbocycles. The number of aromatic nitrogens is 3. The van der Waals surface area contributed by atoms with Gasteiger partial charge in [-0.05, 0) is 0 Å². The molecule has 2 aromatic heterocycles. The van der Waals surface area contributed by atoms with Crippen molar-refractivity contribution in [3.63, 3.8) is 0 Å². The SMILES string of the molecule is Cc1nc2c(=O)n(C3OC(CO)C(O)C3O)cnc2o1. The minimum absolute atomic E-state index is 0.0164. The molecule has 0 bridgehead atoms. The lowest BCUT2D eigenvalue weighted by molar-refractivity contribution is -0.0546. The van der Waals surface area contributed by atoms with E-state index < -0.39 is 36.7 Å². The minimum atomic E-state index is -1.35. The molecule has 108 valence electrons. The van der Waals surface area contributed by atoms with Crippen LogP contribution in [0.15, 0.2) is 15.5 Å². The minimum Gasteiger partial charge on any atom is -0.422 e. The van der Waals surface area contributed by atoms with E-state index in [4.69, 9.17) is 14.3 Å². The molecule has 2 aromatic rings. The third-order valence-electron chi connectivity index (χ3n) is 3.24. The Bertz CT molecular complexity index is 695. The lowest BCUT2D eigenvalue weighted by atomic mass is 10.1. The second-order valence-corrected chi connectivity index (χ2v) is 4.57. The molecule has 0 amide bonds. The number of oxazole rings is 1. The van der Waals surface area contributed by atoms with Gasteiger partial charge in [0.05, 0.1) is 6.61 Å². The van der Waals surface area contributed by atoms with Gasteiger partial charge >= 0.3 is 0 Å². The average Bonchev–Trinajstić information content (AvgIpc) is 2.93. The van der Waals surface area contributed by atoms with Gasteiger partial charge in [-0.1, -0.05) is 0 Å². The van der Waals surface area contributed by atoms with Crippen LogP contribution < -0.4 is 5.56 Å². The summed E-state index contributed by atoms with van der Waals surface area (Å²) in [5, 5.41) is 28.6. The molecule has 1 saturated heterocycles. The molecule has 3 N–H and O–H groups in total. The molecule has 3 heterocycles. The summed E-state index contributed by atoms with van der Waals surface area (Å²) >= 11 is 0. The van der Waals surface area contributed by atoms with Crippen molar-refractivity contribution in [2.75, 3.05) is 6.61 Å². The van der Waals surface area contributed by atoms with Crippen molar-refractivity contribution in [1.82, 2.24) is 14.5 Å². The monoisotopic (exact) mass is 283 g/mol. The zero-order valence-electron chi connectivity index (χ0n) is 10.5. The topological polar surface area (TPSA) is 131 Å². The van der Waals surface area contributed by atoms with Crippen molar-refractivity contribution in [3.8, 4) is 0 Å². The fourth-order valence-electron chi connectivity index (χ4n) is 2.22. The van der Waals surface area contributed by atoms with Crippen LogP contribution in [0.5, 0.6) is 0 Å². The molecular formula is C11H13N3O6. The molecule has 3 rings (SSSR count). The summed E-state index contributed by atoms with van der Waals surface area (Å²) in [7, 11) is 0. The summed E-state index contributed by atoms with van der Waals surface area (Å²) in [4.78, 5) is 20.1. The van der Waals surface area contributed by atoms with Crippen molar-refractivity contribution in [2.24, 2.45) is 0 Å². The van der Waals surface area contributed by atoms with Gasteiger partial charge in [-0.15, -0.1) is 0 Å².